The largest absolute Gasteiger partial charge is 0.298 e. The Morgan fingerprint density at radius 2 is 2.21 bits per heavy atom. The summed E-state index contributed by atoms with van der Waals surface area (Å²) in [7, 11) is 0. The van der Waals surface area contributed by atoms with E-state index in [1.807, 2.05) is 11.3 Å². The van der Waals surface area contributed by atoms with Crippen LogP contribution < -0.4 is 0 Å². The molecular formula is C16H26N2S. The van der Waals surface area contributed by atoms with E-state index >= 15 is 0 Å². The average Bonchev–Trinajstić information content (AvgIpc) is 2.83. The molecule has 0 amide bonds. The second-order valence-electron chi connectivity index (χ2n) is 6.16. The van der Waals surface area contributed by atoms with E-state index in [9.17, 15) is 0 Å². The van der Waals surface area contributed by atoms with Crippen molar-refractivity contribution in [1.82, 2.24) is 9.80 Å². The number of fused-ring (bicyclic) bond motifs is 1. The van der Waals surface area contributed by atoms with Crippen molar-refractivity contribution in [1.29, 1.82) is 0 Å². The van der Waals surface area contributed by atoms with Crippen molar-refractivity contribution in [2.75, 3.05) is 19.6 Å². The molecule has 0 aromatic carbocycles. The highest BCUT2D eigenvalue weighted by molar-refractivity contribution is 7.10. The van der Waals surface area contributed by atoms with Crippen LogP contribution in [0.5, 0.6) is 0 Å². The Balaban J connectivity index is 1.70. The molecule has 19 heavy (non-hydrogen) atoms. The topological polar surface area (TPSA) is 6.48 Å². The summed E-state index contributed by atoms with van der Waals surface area (Å²) >= 11 is 1.93. The maximum Gasteiger partial charge on any atom is 0.0334 e. The smallest absolute Gasteiger partial charge is 0.0334 e. The SMILES string of the molecule is CCC1CN2CCCCC2CN1Cc1sccc1C. The highest BCUT2D eigenvalue weighted by Crippen LogP contribution is 2.28. The first-order valence-electron chi connectivity index (χ1n) is 7.79. The van der Waals surface area contributed by atoms with Crippen molar-refractivity contribution in [3.63, 3.8) is 0 Å². The molecule has 0 aliphatic carbocycles. The first-order chi connectivity index (χ1) is 9.28. The molecule has 1 aromatic rings. The van der Waals surface area contributed by atoms with Gasteiger partial charge in [-0.2, -0.15) is 0 Å². The number of nitrogens with zero attached hydrogens (tertiary/aromatic N) is 2. The number of hydrogen-bond donors (Lipinski definition) is 0. The number of piperazine rings is 1. The molecule has 2 nitrogen and oxygen atoms in total. The van der Waals surface area contributed by atoms with Crippen molar-refractivity contribution in [2.24, 2.45) is 0 Å². The van der Waals surface area contributed by atoms with Gasteiger partial charge in [0.2, 0.25) is 0 Å². The molecule has 0 radical (unpaired) electrons. The minimum Gasteiger partial charge on any atom is -0.298 e. The third-order valence-electron chi connectivity index (χ3n) is 4.94. The lowest BCUT2D eigenvalue weighted by Crippen LogP contribution is -2.58. The quantitative estimate of drug-likeness (QED) is 0.835. The van der Waals surface area contributed by atoms with Crippen LogP contribution in [0.1, 0.15) is 43.0 Å². The third kappa shape index (κ3) is 2.88. The summed E-state index contributed by atoms with van der Waals surface area (Å²) in [4.78, 5) is 7.09. The molecular weight excluding hydrogens is 252 g/mol. The minimum atomic E-state index is 0.760. The summed E-state index contributed by atoms with van der Waals surface area (Å²) in [5, 5.41) is 2.24. The molecule has 3 rings (SSSR count). The summed E-state index contributed by atoms with van der Waals surface area (Å²) in [5.74, 6) is 0. The van der Waals surface area contributed by atoms with Crippen molar-refractivity contribution in [3.8, 4) is 0 Å². The Morgan fingerprint density at radius 1 is 1.32 bits per heavy atom. The van der Waals surface area contributed by atoms with Gasteiger partial charge in [0.05, 0.1) is 0 Å². The molecule has 0 bridgehead atoms. The van der Waals surface area contributed by atoms with Gasteiger partial charge in [0.1, 0.15) is 0 Å². The van der Waals surface area contributed by atoms with E-state index in [1.165, 1.54) is 57.4 Å². The molecule has 0 saturated carbocycles. The van der Waals surface area contributed by atoms with E-state index in [1.54, 1.807) is 4.88 Å². The number of thiophene rings is 1. The fourth-order valence-corrected chi connectivity index (χ4v) is 4.58. The van der Waals surface area contributed by atoms with Crippen molar-refractivity contribution in [3.05, 3.63) is 21.9 Å². The predicted molar refractivity (Wildman–Crippen MR) is 82.8 cm³/mol. The van der Waals surface area contributed by atoms with Crippen LogP contribution in [0.3, 0.4) is 0 Å². The van der Waals surface area contributed by atoms with E-state index in [0.717, 1.165) is 12.1 Å². The van der Waals surface area contributed by atoms with Gasteiger partial charge in [0, 0.05) is 36.6 Å². The van der Waals surface area contributed by atoms with Crippen LogP contribution in [-0.4, -0.2) is 41.5 Å². The molecule has 2 saturated heterocycles. The van der Waals surface area contributed by atoms with Gasteiger partial charge in [-0.05, 0) is 49.7 Å². The zero-order valence-electron chi connectivity index (χ0n) is 12.3. The van der Waals surface area contributed by atoms with Crippen LogP contribution in [0.15, 0.2) is 11.4 Å². The summed E-state index contributed by atoms with van der Waals surface area (Å²) in [6, 6.07) is 3.85. The molecule has 2 aliphatic heterocycles. The average molecular weight is 278 g/mol. The van der Waals surface area contributed by atoms with Crippen LogP contribution in [0.4, 0.5) is 0 Å². The second-order valence-corrected chi connectivity index (χ2v) is 7.16. The predicted octanol–water partition coefficient (Wildman–Crippen LogP) is 3.51. The standard InChI is InChI=1S/C16H26N2S/c1-3-14-10-17-8-5-4-6-15(17)11-18(14)12-16-13(2)7-9-19-16/h7,9,14-15H,3-6,8,10-12H2,1-2H3. The van der Waals surface area contributed by atoms with E-state index < -0.39 is 0 Å². The van der Waals surface area contributed by atoms with Gasteiger partial charge in [-0.25, -0.2) is 0 Å². The molecule has 1 aromatic heterocycles. The van der Waals surface area contributed by atoms with Crippen LogP contribution in [-0.2, 0) is 6.54 Å². The fourth-order valence-electron chi connectivity index (χ4n) is 3.64. The highest BCUT2D eigenvalue weighted by Gasteiger charge is 2.34. The maximum absolute atomic E-state index is 2.76. The zero-order valence-corrected chi connectivity index (χ0v) is 13.1. The van der Waals surface area contributed by atoms with E-state index in [2.05, 4.69) is 35.1 Å². The van der Waals surface area contributed by atoms with Crippen molar-refractivity contribution >= 4 is 11.3 Å². The van der Waals surface area contributed by atoms with Gasteiger partial charge in [-0.15, -0.1) is 11.3 Å². The Hall–Kier alpha value is -0.380. The van der Waals surface area contributed by atoms with E-state index in [-0.39, 0.29) is 0 Å². The molecule has 106 valence electrons. The fraction of sp³-hybridized carbons (Fsp3) is 0.750. The lowest BCUT2D eigenvalue weighted by atomic mass is 9.95. The number of piperidine rings is 1. The molecule has 3 heteroatoms. The minimum absolute atomic E-state index is 0.760. The third-order valence-corrected chi connectivity index (χ3v) is 5.95. The monoisotopic (exact) mass is 278 g/mol. The molecule has 0 N–H and O–H groups in total. The lowest BCUT2D eigenvalue weighted by Gasteiger charge is -2.48. The molecule has 2 aliphatic rings. The number of rotatable bonds is 3. The van der Waals surface area contributed by atoms with Crippen LogP contribution in [0.2, 0.25) is 0 Å². The van der Waals surface area contributed by atoms with Crippen molar-refractivity contribution < 1.29 is 0 Å². The maximum atomic E-state index is 2.76. The van der Waals surface area contributed by atoms with E-state index in [0.29, 0.717) is 0 Å². The Bertz CT molecular complexity index is 415. The van der Waals surface area contributed by atoms with Crippen LogP contribution in [0.25, 0.3) is 0 Å². The Morgan fingerprint density at radius 3 is 2.95 bits per heavy atom. The first-order valence-corrected chi connectivity index (χ1v) is 8.67. The Labute approximate surface area is 121 Å². The highest BCUT2D eigenvalue weighted by atomic mass is 32.1. The Kier molecular flexibility index (Phi) is 4.25. The zero-order chi connectivity index (χ0) is 13.2. The van der Waals surface area contributed by atoms with Gasteiger partial charge < -0.3 is 0 Å². The summed E-state index contributed by atoms with van der Waals surface area (Å²) in [6.45, 7) is 9.70. The van der Waals surface area contributed by atoms with Crippen LogP contribution in [0, 0.1) is 6.92 Å². The molecule has 2 fully saturated rings. The van der Waals surface area contributed by atoms with Gasteiger partial charge in [-0.1, -0.05) is 13.3 Å². The molecule has 2 unspecified atom stereocenters. The second kappa shape index (κ2) is 5.94. The molecule has 3 heterocycles. The van der Waals surface area contributed by atoms with Gasteiger partial charge in [0.15, 0.2) is 0 Å². The van der Waals surface area contributed by atoms with Crippen LogP contribution >= 0.6 is 11.3 Å². The number of hydrogen-bond acceptors (Lipinski definition) is 3. The number of aryl methyl sites for hydroxylation is 1. The first kappa shape index (κ1) is 13.6. The summed E-state index contributed by atoms with van der Waals surface area (Å²) < 4.78 is 0. The summed E-state index contributed by atoms with van der Waals surface area (Å²) in [5.41, 5.74) is 1.48. The van der Waals surface area contributed by atoms with E-state index in [4.69, 9.17) is 0 Å². The van der Waals surface area contributed by atoms with Gasteiger partial charge >= 0.3 is 0 Å². The summed E-state index contributed by atoms with van der Waals surface area (Å²) in [6.07, 6.45) is 5.55. The van der Waals surface area contributed by atoms with Crippen molar-refractivity contribution in [2.45, 2.75) is 58.2 Å². The normalized spacial score (nSPS) is 29.4. The molecule has 2 atom stereocenters. The van der Waals surface area contributed by atoms with Gasteiger partial charge in [0.25, 0.3) is 0 Å². The molecule has 0 spiro atoms. The van der Waals surface area contributed by atoms with Gasteiger partial charge in [-0.3, -0.25) is 9.80 Å². The lowest BCUT2D eigenvalue weighted by molar-refractivity contribution is 0.00369.